The molecule has 2 aromatic carbocycles. The first-order chi connectivity index (χ1) is 12.3. The second-order valence-electron chi connectivity index (χ2n) is 6.46. The van der Waals surface area contributed by atoms with E-state index in [4.69, 9.17) is 9.47 Å². The van der Waals surface area contributed by atoms with E-state index in [1.54, 1.807) is 51.1 Å². The first-order valence-corrected chi connectivity index (χ1v) is 8.64. The molecule has 0 N–H and O–H groups in total. The maximum Gasteiger partial charge on any atom is 0.328 e. The molecule has 2 aromatic rings. The fourth-order valence-electron chi connectivity index (χ4n) is 2.25. The summed E-state index contributed by atoms with van der Waals surface area (Å²) in [4.78, 5) is 12.4. The van der Waals surface area contributed by atoms with Crippen LogP contribution in [0.5, 0.6) is 11.5 Å². The third-order valence-corrected chi connectivity index (χ3v) is 3.96. The van der Waals surface area contributed by atoms with Gasteiger partial charge >= 0.3 is 5.97 Å². The molecule has 132 valence electrons. The normalized spacial score (nSPS) is 11.8. The van der Waals surface area contributed by atoms with Gasteiger partial charge in [0.15, 0.2) is 5.92 Å². The minimum Gasteiger partial charge on any atom is -0.459 e. The van der Waals surface area contributed by atoms with Gasteiger partial charge < -0.3 is 9.47 Å². The summed E-state index contributed by atoms with van der Waals surface area (Å²) in [6.07, 6.45) is 0. The zero-order chi connectivity index (χ0) is 19.3. The summed E-state index contributed by atoms with van der Waals surface area (Å²) in [5.74, 6) is -1.13. The molecule has 1 atom stereocenters. The number of hydrogen-bond donors (Lipinski definition) is 0. The van der Waals surface area contributed by atoms with E-state index in [0.717, 1.165) is 4.47 Å². The lowest BCUT2D eigenvalue weighted by Gasteiger charge is -2.22. The lowest BCUT2D eigenvalue weighted by molar-refractivity contribution is -0.155. The maximum absolute atomic E-state index is 12.4. The Hall–Kier alpha value is -2.83. The molecular formula is C20H17BrN2O3. The van der Waals surface area contributed by atoms with Crippen LogP contribution in [0.15, 0.2) is 46.9 Å². The average molecular weight is 413 g/mol. The van der Waals surface area contributed by atoms with E-state index in [-0.39, 0.29) is 16.9 Å². The molecule has 0 heterocycles. The van der Waals surface area contributed by atoms with E-state index in [1.165, 1.54) is 0 Å². The molecule has 0 bridgehead atoms. The second-order valence-corrected chi connectivity index (χ2v) is 7.31. The second kappa shape index (κ2) is 8.03. The molecule has 5 nitrogen and oxygen atoms in total. The largest absolute Gasteiger partial charge is 0.459 e. The van der Waals surface area contributed by atoms with E-state index in [0.29, 0.717) is 5.75 Å². The number of hydrogen-bond acceptors (Lipinski definition) is 5. The van der Waals surface area contributed by atoms with Crippen molar-refractivity contribution >= 4 is 21.9 Å². The Morgan fingerprint density at radius 2 is 1.73 bits per heavy atom. The van der Waals surface area contributed by atoms with Crippen molar-refractivity contribution in [1.82, 2.24) is 0 Å². The zero-order valence-electron chi connectivity index (χ0n) is 14.6. The number of para-hydroxylation sites is 1. The molecule has 0 radical (unpaired) electrons. The van der Waals surface area contributed by atoms with Gasteiger partial charge in [-0.25, -0.2) is 0 Å². The number of nitriles is 2. The molecule has 0 saturated heterocycles. The van der Waals surface area contributed by atoms with Gasteiger partial charge in [0.25, 0.3) is 0 Å². The van der Waals surface area contributed by atoms with Crippen LogP contribution < -0.4 is 4.74 Å². The number of nitrogens with zero attached hydrogens (tertiary/aromatic N) is 2. The van der Waals surface area contributed by atoms with Gasteiger partial charge in [-0.05, 0) is 54.9 Å². The highest BCUT2D eigenvalue weighted by Crippen LogP contribution is 2.34. The lowest BCUT2D eigenvalue weighted by atomic mass is 9.95. The molecule has 0 aliphatic rings. The Labute approximate surface area is 160 Å². The Morgan fingerprint density at radius 1 is 1.08 bits per heavy atom. The van der Waals surface area contributed by atoms with Gasteiger partial charge in [-0.2, -0.15) is 10.5 Å². The maximum atomic E-state index is 12.4. The van der Waals surface area contributed by atoms with Crippen molar-refractivity contribution in [2.24, 2.45) is 0 Å². The standard InChI is InChI=1S/C20H17BrN2O3/c1-20(2,3)26-19(24)15(12-23)13-7-6-10-17(14(13)11-22)25-18-9-5-4-8-16(18)21/h4-10,15H,1-3H3. The van der Waals surface area contributed by atoms with Gasteiger partial charge in [0.1, 0.15) is 23.2 Å². The van der Waals surface area contributed by atoms with Crippen LogP contribution in [0.3, 0.4) is 0 Å². The van der Waals surface area contributed by atoms with Crippen LogP contribution in [-0.4, -0.2) is 11.6 Å². The molecule has 1 unspecified atom stereocenters. The minimum atomic E-state index is -1.22. The molecule has 6 heteroatoms. The van der Waals surface area contributed by atoms with Crippen molar-refractivity contribution in [3.05, 3.63) is 58.1 Å². The first-order valence-electron chi connectivity index (χ1n) is 7.84. The molecule has 0 spiro atoms. The number of benzene rings is 2. The molecule has 0 aliphatic heterocycles. The predicted molar refractivity (Wildman–Crippen MR) is 99.6 cm³/mol. The molecule has 26 heavy (non-hydrogen) atoms. The molecule has 0 amide bonds. The van der Waals surface area contributed by atoms with Crippen molar-refractivity contribution in [2.45, 2.75) is 32.3 Å². The summed E-state index contributed by atoms with van der Waals surface area (Å²) in [7, 11) is 0. The average Bonchev–Trinajstić information content (AvgIpc) is 2.56. The third-order valence-electron chi connectivity index (χ3n) is 3.31. The molecule has 0 aromatic heterocycles. The minimum absolute atomic E-state index is 0.126. The van der Waals surface area contributed by atoms with Crippen LogP contribution in [0.25, 0.3) is 0 Å². The number of esters is 1. The quantitative estimate of drug-likeness (QED) is 0.654. The van der Waals surface area contributed by atoms with E-state index < -0.39 is 17.5 Å². The van der Waals surface area contributed by atoms with E-state index in [1.807, 2.05) is 24.3 Å². The SMILES string of the molecule is CC(C)(C)OC(=O)C(C#N)c1cccc(Oc2ccccc2Br)c1C#N. The van der Waals surface area contributed by atoms with Crippen molar-refractivity contribution in [3.63, 3.8) is 0 Å². The number of carbonyl (C=O) groups excluding carboxylic acids is 1. The predicted octanol–water partition coefficient (Wildman–Crippen LogP) is 5.06. The van der Waals surface area contributed by atoms with Crippen LogP contribution in [0, 0.1) is 22.7 Å². The fraction of sp³-hybridized carbons (Fsp3) is 0.250. The Kier molecular flexibility index (Phi) is 6.02. The molecule has 0 aliphatic carbocycles. The molecule has 2 rings (SSSR count). The summed E-state index contributed by atoms with van der Waals surface area (Å²) in [5.41, 5.74) is -0.350. The van der Waals surface area contributed by atoms with Gasteiger partial charge in [-0.1, -0.05) is 24.3 Å². The summed E-state index contributed by atoms with van der Waals surface area (Å²) in [6, 6.07) is 16.0. The van der Waals surface area contributed by atoms with Gasteiger partial charge in [0.2, 0.25) is 0 Å². The van der Waals surface area contributed by atoms with E-state index >= 15 is 0 Å². The van der Waals surface area contributed by atoms with Gasteiger partial charge in [0.05, 0.1) is 16.1 Å². The summed E-state index contributed by atoms with van der Waals surface area (Å²) >= 11 is 3.38. The van der Waals surface area contributed by atoms with Crippen LogP contribution >= 0.6 is 15.9 Å². The van der Waals surface area contributed by atoms with Crippen molar-refractivity contribution in [2.75, 3.05) is 0 Å². The Balaban J connectivity index is 2.44. The number of ether oxygens (including phenoxy) is 2. The number of carbonyl (C=O) groups is 1. The monoisotopic (exact) mass is 412 g/mol. The van der Waals surface area contributed by atoms with E-state index in [2.05, 4.69) is 15.9 Å². The van der Waals surface area contributed by atoms with Gasteiger partial charge in [-0.15, -0.1) is 0 Å². The number of halogens is 1. The fourth-order valence-corrected chi connectivity index (χ4v) is 2.61. The van der Waals surface area contributed by atoms with Crippen LogP contribution in [0.2, 0.25) is 0 Å². The lowest BCUT2D eigenvalue weighted by Crippen LogP contribution is -2.27. The van der Waals surface area contributed by atoms with Crippen LogP contribution in [0.4, 0.5) is 0 Å². The smallest absolute Gasteiger partial charge is 0.328 e. The summed E-state index contributed by atoms with van der Waals surface area (Å²) in [6.45, 7) is 5.16. The van der Waals surface area contributed by atoms with E-state index in [9.17, 15) is 15.3 Å². The van der Waals surface area contributed by atoms with Crippen LogP contribution in [-0.2, 0) is 9.53 Å². The van der Waals surface area contributed by atoms with Crippen molar-refractivity contribution < 1.29 is 14.3 Å². The first kappa shape index (κ1) is 19.5. The summed E-state index contributed by atoms with van der Waals surface area (Å²) in [5, 5.41) is 19.1. The molecular weight excluding hydrogens is 396 g/mol. The van der Waals surface area contributed by atoms with Gasteiger partial charge in [0, 0.05) is 5.56 Å². The van der Waals surface area contributed by atoms with Crippen molar-refractivity contribution in [3.8, 4) is 23.6 Å². The van der Waals surface area contributed by atoms with Crippen LogP contribution in [0.1, 0.15) is 37.8 Å². The Morgan fingerprint density at radius 3 is 2.31 bits per heavy atom. The zero-order valence-corrected chi connectivity index (χ0v) is 16.2. The molecule has 0 fully saturated rings. The summed E-state index contributed by atoms with van der Waals surface area (Å²) < 4.78 is 11.8. The number of rotatable bonds is 4. The highest BCUT2D eigenvalue weighted by atomic mass is 79.9. The highest BCUT2D eigenvalue weighted by Gasteiger charge is 2.29. The topological polar surface area (TPSA) is 83.1 Å². The van der Waals surface area contributed by atoms with Gasteiger partial charge in [-0.3, -0.25) is 4.79 Å². The third kappa shape index (κ3) is 4.62. The highest BCUT2D eigenvalue weighted by molar-refractivity contribution is 9.10. The Bertz CT molecular complexity index is 904. The van der Waals surface area contributed by atoms with Crippen molar-refractivity contribution in [1.29, 1.82) is 10.5 Å². The molecule has 0 saturated carbocycles.